The number of carbonyl (C=O) groups is 2. The summed E-state index contributed by atoms with van der Waals surface area (Å²) in [5.41, 5.74) is -0.667. The third-order valence-corrected chi connectivity index (χ3v) is 2.66. The van der Waals surface area contributed by atoms with E-state index in [0.717, 1.165) is 6.08 Å². The highest BCUT2D eigenvalue weighted by Gasteiger charge is 2.24. The van der Waals surface area contributed by atoms with Gasteiger partial charge in [-0.2, -0.15) is 12.6 Å². The molecule has 0 unspecified atom stereocenters. The van der Waals surface area contributed by atoms with Crippen LogP contribution in [0.15, 0.2) is 12.7 Å². The molecule has 0 atom stereocenters. The van der Waals surface area contributed by atoms with Gasteiger partial charge in [0.05, 0.1) is 32.2 Å². The van der Waals surface area contributed by atoms with E-state index >= 15 is 0 Å². The standard InChI is InChI=1S/C6H14O3.C5H8O3.C2H4O2S/c1-2-6(3-7,4-8)5-9;1-2-5(7)8-4-3-6;3-2(4)1-5/h7-9H,2-5H2,1H3;2,6H,1,3-4H2;5H,1H2,(H,3,4). The number of carboxylic acids is 1. The highest BCUT2D eigenvalue weighted by Crippen LogP contribution is 2.18. The van der Waals surface area contributed by atoms with E-state index in [1.807, 2.05) is 6.92 Å². The molecule has 0 radical (unpaired) electrons. The van der Waals surface area contributed by atoms with Crippen molar-refractivity contribution in [1.82, 2.24) is 0 Å². The molecule has 0 aliphatic carbocycles. The molecular formula is C13H26O8S. The van der Waals surface area contributed by atoms with Crippen LogP contribution in [-0.2, 0) is 14.3 Å². The van der Waals surface area contributed by atoms with E-state index in [2.05, 4.69) is 23.9 Å². The fraction of sp³-hybridized carbons (Fsp3) is 0.692. The van der Waals surface area contributed by atoms with Crippen LogP contribution in [0.3, 0.4) is 0 Å². The number of ether oxygens (including phenoxy) is 1. The van der Waals surface area contributed by atoms with Crippen LogP contribution in [0.4, 0.5) is 0 Å². The van der Waals surface area contributed by atoms with Gasteiger partial charge in [-0.25, -0.2) is 4.79 Å². The van der Waals surface area contributed by atoms with E-state index in [4.69, 9.17) is 25.5 Å². The molecule has 0 aromatic rings. The molecule has 0 heterocycles. The Bertz CT molecular complexity index is 274. The van der Waals surface area contributed by atoms with Gasteiger partial charge in [0, 0.05) is 11.5 Å². The molecule has 22 heavy (non-hydrogen) atoms. The minimum atomic E-state index is -0.881. The van der Waals surface area contributed by atoms with E-state index in [1.165, 1.54) is 0 Å². The number of carbonyl (C=O) groups excluding carboxylic acids is 1. The number of thiol groups is 1. The summed E-state index contributed by atoms with van der Waals surface area (Å²) in [6.07, 6.45) is 1.64. The lowest BCUT2D eigenvalue weighted by atomic mass is 9.88. The monoisotopic (exact) mass is 342 g/mol. The van der Waals surface area contributed by atoms with Crippen molar-refractivity contribution in [3.63, 3.8) is 0 Å². The van der Waals surface area contributed by atoms with Gasteiger partial charge in [-0.15, -0.1) is 0 Å². The van der Waals surface area contributed by atoms with E-state index < -0.39 is 17.4 Å². The zero-order valence-electron chi connectivity index (χ0n) is 12.6. The van der Waals surface area contributed by atoms with Gasteiger partial charge >= 0.3 is 11.9 Å². The summed E-state index contributed by atoms with van der Waals surface area (Å²) in [5, 5.41) is 41.7. The minimum absolute atomic E-state index is 0.0465. The Morgan fingerprint density at radius 2 is 1.59 bits per heavy atom. The predicted octanol–water partition coefficient (Wildman–Crippen LogP) is -0.932. The summed E-state index contributed by atoms with van der Waals surface area (Å²) in [4.78, 5) is 19.4. The second-order valence-electron chi connectivity index (χ2n) is 3.97. The van der Waals surface area contributed by atoms with Gasteiger partial charge in [-0.1, -0.05) is 13.5 Å². The van der Waals surface area contributed by atoms with Crippen LogP contribution in [0, 0.1) is 5.41 Å². The highest BCUT2D eigenvalue weighted by molar-refractivity contribution is 7.81. The molecule has 0 aliphatic heterocycles. The topological polar surface area (TPSA) is 145 Å². The summed E-state index contributed by atoms with van der Waals surface area (Å²) in [6.45, 7) is 4.42. The number of aliphatic carboxylic acids is 1. The normalized spacial score (nSPS) is 9.55. The molecular weight excluding hydrogens is 316 g/mol. The summed E-state index contributed by atoms with van der Waals surface area (Å²) < 4.78 is 4.33. The molecule has 9 heteroatoms. The lowest BCUT2D eigenvalue weighted by Gasteiger charge is -2.24. The number of rotatable bonds is 8. The maximum Gasteiger partial charge on any atom is 0.330 e. The summed E-state index contributed by atoms with van der Waals surface area (Å²) in [7, 11) is 0. The van der Waals surface area contributed by atoms with Crippen molar-refractivity contribution >= 4 is 24.6 Å². The Morgan fingerprint density at radius 1 is 1.18 bits per heavy atom. The molecule has 0 aliphatic rings. The average Bonchev–Trinajstić information content (AvgIpc) is 2.56. The molecule has 0 aromatic heterocycles. The summed E-state index contributed by atoms with van der Waals surface area (Å²) in [5.74, 6) is -1.47. The van der Waals surface area contributed by atoms with Crippen molar-refractivity contribution in [3.05, 3.63) is 12.7 Å². The zero-order valence-corrected chi connectivity index (χ0v) is 13.5. The molecule has 0 rings (SSSR count). The Morgan fingerprint density at radius 3 is 1.73 bits per heavy atom. The van der Waals surface area contributed by atoms with Crippen LogP contribution < -0.4 is 0 Å². The Hall–Kier alpha value is -1.13. The third-order valence-electron chi connectivity index (χ3n) is 2.39. The minimum Gasteiger partial charge on any atom is -0.481 e. The van der Waals surface area contributed by atoms with Crippen LogP contribution in [-0.4, -0.2) is 76.3 Å². The molecule has 0 fully saturated rings. The van der Waals surface area contributed by atoms with Gasteiger partial charge in [0.2, 0.25) is 0 Å². The molecule has 8 nitrogen and oxygen atoms in total. The van der Waals surface area contributed by atoms with Crippen molar-refractivity contribution in [3.8, 4) is 0 Å². The van der Waals surface area contributed by atoms with Crippen LogP contribution >= 0.6 is 12.6 Å². The van der Waals surface area contributed by atoms with Gasteiger partial charge in [0.1, 0.15) is 6.61 Å². The Labute approximate surface area is 135 Å². The first-order chi connectivity index (χ1) is 10.3. The lowest BCUT2D eigenvalue weighted by molar-refractivity contribution is -0.138. The van der Waals surface area contributed by atoms with Gasteiger partial charge < -0.3 is 30.3 Å². The molecule has 0 bridgehead atoms. The first-order valence-corrected chi connectivity index (χ1v) is 7.01. The third kappa shape index (κ3) is 16.9. The second-order valence-corrected chi connectivity index (χ2v) is 4.29. The first kappa shape index (κ1) is 25.8. The van der Waals surface area contributed by atoms with Crippen LogP contribution in [0.2, 0.25) is 0 Å². The number of hydrogen-bond acceptors (Lipinski definition) is 8. The summed E-state index contributed by atoms with van der Waals surface area (Å²) >= 11 is 3.42. The number of aliphatic hydroxyl groups excluding tert-OH is 4. The Kier molecular flexibility index (Phi) is 21.0. The predicted molar refractivity (Wildman–Crippen MR) is 83.7 cm³/mol. The molecule has 0 aromatic carbocycles. The van der Waals surface area contributed by atoms with E-state index in [-0.39, 0.29) is 38.8 Å². The van der Waals surface area contributed by atoms with Crippen LogP contribution in [0.25, 0.3) is 0 Å². The smallest absolute Gasteiger partial charge is 0.330 e. The van der Waals surface area contributed by atoms with Crippen molar-refractivity contribution in [2.24, 2.45) is 5.41 Å². The molecule has 0 amide bonds. The van der Waals surface area contributed by atoms with Crippen molar-refractivity contribution < 1.29 is 39.9 Å². The quantitative estimate of drug-likeness (QED) is 0.188. The van der Waals surface area contributed by atoms with Gasteiger partial charge in [0.15, 0.2) is 0 Å². The largest absolute Gasteiger partial charge is 0.481 e. The van der Waals surface area contributed by atoms with E-state index in [0.29, 0.717) is 6.42 Å². The number of aliphatic hydroxyl groups is 4. The SMILES string of the molecule is C=CC(=O)OCCO.CCC(CO)(CO)CO.O=C(O)CS. The number of esters is 1. The van der Waals surface area contributed by atoms with Crippen LogP contribution in [0.1, 0.15) is 13.3 Å². The van der Waals surface area contributed by atoms with Gasteiger partial charge in [0.25, 0.3) is 0 Å². The Balaban J connectivity index is -0.000000257. The maximum atomic E-state index is 10.1. The zero-order chi connectivity index (χ0) is 18.0. The summed E-state index contributed by atoms with van der Waals surface area (Å²) in [6, 6.07) is 0. The fourth-order valence-corrected chi connectivity index (χ4v) is 0.691. The average molecular weight is 342 g/mol. The van der Waals surface area contributed by atoms with Crippen LogP contribution in [0.5, 0.6) is 0 Å². The molecule has 0 saturated carbocycles. The number of carboxylic acid groups (broad SMARTS) is 1. The molecule has 132 valence electrons. The van der Waals surface area contributed by atoms with Gasteiger partial charge in [-0.05, 0) is 6.42 Å². The number of hydrogen-bond donors (Lipinski definition) is 6. The first-order valence-electron chi connectivity index (χ1n) is 6.38. The van der Waals surface area contributed by atoms with Crippen molar-refractivity contribution in [1.29, 1.82) is 0 Å². The van der Waals surface area contributed by atoms with Gasteiger partial charge in [-0.3, -0.25) is 4.79 Å². The van der Waals surface area contributed by atoms with Crippen molar-refractivity contribution in [2.45, 2.75) is 13.3 Å². The highest BCUT2D eigenvalue weighted by atomic mass is 32.1. The van der Waals surface area contributed by atoms with Crippen molar-refractivity contribution in [2.75, 3.05) is 38.8 Å². The second kappa shape index (κ2) is 17.9. The lowest BCUT2D eigenvalue weighted by Crippen LogP contribution is -2.32. The van der Waals surface area contributed by atoms with E-state index in [9.17, 15) is 9.59 Å². The fourth-order valence-electron chi connectivity index (χ4n) is 0.691. The van der Waals surface area contributed by atoms with E-state index in [1.54, 1.807) is 0 Å². The maximum absolute atomic E-state index is 10.1. The molecule has 0 spiro atoms. The molecule has 5 N–H and O–H groups in total. The molecule has 0 saturated heterocycles.